The van der Waals surface area contributed by atoms with Crippen molar-refractivity contribution in [2.75, 3.05) is 37.6 Å². The average Bonchev–Trinajstić information content (AvgIpc) is 3.00. The Morgan fingerprint density at radius 1 is 1.37 bits per heavy atom. The van der Waals surface area contributed by atoms with Crippen molar-refractivity contribution in [3.63, 3.8) is 0 Å². The average molecular weight is 278 g/mol. The molecule has 0 aromatic carbocycles. The van der Waals surface area contributed by atoms with E-state index in [2.05, 4.69) is 21.7 Å². The van der Waals surface area contributed by atoms with Gasteiger partial charge in [0.2, 0.25) is 0 Å². The van der Waals surface area contributed by atoms with Gasteiger partial charge in [-0.05, 0) is 13.0 Å². The Morgan fingerprint density at radius 3 is 2.84 bits per heavy atom. The summed E-state index contributed by atoms with van der Waals surface area (Å²) in [5.41, 5.74) is 0.681. The Balaban J connectivity index is 1.81. The standard InChI is InChI=1S/C13H18N4OS/c1-2-3-15-4-6-16(7-5-15)12-11(10-18)17-8-9-19-13(17)14-12/h8-10H,2-7H2,1H3. The molecular formula is C13H18N4OS. The summed E-state index contributed by atoms with van der Waals surface area (Å²) in [6.07, 6.45) is 4.02. The topological polar surface area (TPSA) is 40.9 Å². The number of anilines is 1. The zero-order chi connectivity index (χ0) is 13.2. The molecule has 3 heterocycles. The van der Waals surface area contributed by atoms with E-state index in [9.17, 15) is 4.79 Å². The van der Waals surface area contributed by atoms with Gasteiger partial charge in [0.15, 0.2) is 17.1 Å². The second-order valence-electron chi connectivity index (χ2n) is 4.82. The maximum absolute atomic E-state index is 11.3. The van der Waals surface area contributed by atoms with E-state index in [0.717, 1.165) is 49.8 Å². The van der Waals surface area contributed by atoms with Gasteiger partial charge in [-0.15, -0.1) is 11.3 Å². The Kier molecular flexibility index (Phi) is 3.52. The number of carbonyl (C=O) groups excluding carboxylic acids is 1. The molecule has 0 amide bonds. The molecule has 2 aromatic heterocycles. The lowest BCUT2D eigenvalue weighted by atomic mass is 10.3. The van der Waals surface area contributed by atoms with Gasteiger partial charge < -0.3 is 4.90 Å². The highest BCUT2D eigenvalue weighted by Crippen LogP contribution is 2.24. The smallest absolute Gasteiger partial charge is 0.196 e. The first kappa shape index (κ1) is 12.6. The maximum Gasteiger partial charge on any atom is 0.196 e. The van der Waals surface area contributed by atoms with Gasteiger partial charge in [-0.3, -0.25) is 14.1 Å². The fourth-order valence-electron chi connectivity index (χ4n) is 2.63. The van der Waals surface area contributed by atoms with Gasteiger partial charge in [0.1, 0.15) is 5.69 Å². The molecule has 0 N–H and O–H groups in total. The zero-order valence-electron chi connectivity index (χ0n) is 11.1. The number of fused-ring (bicyclic) bond motifs is 1. The molecule has 102 valence electrons. The molecule has 0 bridgehead atoms. The van der Waals surface area contributed by atoms with Gasteiger partial charge in [0.25, 0.3) is 0 Å². The van der Waals surface area contributed by atoms with Crippen LogP contribution in [0.3, 0.4) is 0 Å². The number of piperazine rings is 1. The Hall–Kier alpha value is -1.40. The van der Waals surface area contributed by atoms with Crippen LogP contribution in [0.2, 0.25) is 0 Å². The van der Waals surface area contributed by atoms with Crippen LogP contribution in [0.4, 0.5) is 5.82 Å². The third kappa shape index (κ3) is 2.26. The van der Waals surface area contributed by atoms with Crippen LogP contribution in [0.25, 0.3) is 4.96 Å². The number of thiazole rings is 1. The van der Waals surface area contributed by atoms with Crippen molar-refractivity contribution in [1.29, 1.82) is 0 Å². The second-order valence-corrected chi connectivity index (χ2v) is 5.70. The van der Waals surface area contributed by atoms with Gasteiger partial charge >= 0.3 is 0 Å². The van der Waals surface area contributed by atoms with Crippen LogP contribution in [0.1, 0.15) is 23.8 Å². The molecule has 0 radical (unpaired) electrons. The number of aromatic nitrogens is 2. The van der Waals surface area contributed by atoms with Gasteiger partial charge in [-0.25, -0.2) is 4.98 Å². The van der Waals surface area contributed by atoms with Gasteiger partial charge in [0, 0.05) is 37.8 Å². The monoisotopic (exact) mass is 278 g/mol. The highest BCUT2D eigenvalue weighted by atomic mass is 32.1. The number of nitrogens with zero attached hydrogens (tertiary/aromatic N) is 4. The van der Waals surface area contributed by atoms with Crippen LogP contribution in [-0.2, 0) is 0 Å². The first-order valence-corrected chi connectivity index (χ1v) is 7.59. The van der Waals surface area contributed by atoms with Crippen molar-refractivity contribution >= 4 is 28.4 Å². The minimum Gasteiger partial charge on any atom is -0.352 e. The molecule has 2 aromatic rings. The summed E-state index contributed by atoms with van der Waals surface area (Å²) in [6, 6.07) is 0. The van der Waals surface area contributed by atoms with Crippen LogP contribution in [-0.4, -0.2) is 53.3 Å². The van der Waals surface area contributed by atoms with Crippen molar-refractivity contribution in [2.45, 2.75) is 13.3 Å². The van der Waals surface area contributed by atoms with Crippen molar-refractivity contribution in [2.24, 2.45) is 0 Å². The highest BCUT2D eigenvalue weighted by molar-refractivity contribution is 7.15. The normalized spacial score (nSPS) is 17.2. The van der Waals surface area contributed by atoms with E-state index in [4.69, 9.17) is 0 Å². The quantitative estimate of drug-likeness (QED) is 0.799. The molecule has 5 nitrogen and oxygen atoms in total. The summed E-state index contributed by atoms with van der Waals surface area (Å²) in [7, 11) is 0. The fourth-order valence-corrected chi connectivity index (χ4v) is 3.35. The van der Waals surface area contributed by atoms with Crippen LogP contribution in [0.15, 0.2) is 11.6 Å². The summed E-state index contributed by atoms with van der Waals surface area (Å²) in [6.45, 7) is 7.37. The molecule has 0 atom stereocenters. The number of imidazole rings is 1. The molecule has 19 heavy (non-hydrogen) atoms. The first-order chi connectivity index (χ1) is 9.33. The number of hydrogen-bond acceptors (Lipinski definition) is 5. The van der Waals surface area contributed by atoms with E-state index in [-0.39, 0.29) is 0 Å². The van der Waals surface area contributed by atoms with Crippen LogP contribution < -0.4 is 4.90 Å². The summed E-state index contributed by atoms with van der Waals surface area (Å²) in [5.74, 6) is 0.845. The number of aldehydes is 1. The number of carbonyl (C=O) groups is 1. The van der Waals surface area contributed by atoms with Gasteiger partial charge in [-0.2, -0.15) is 0 Å². The van der Waals surface area contributed by atoms with Crippen molar-refractivity contribution in [1.82, 2.24) is 14.3 Å². The number of rotatable bonds is 4. The largest absolute Gasteiger partial charge is 0.352 e. The molecule has 0 unspecified atom stereocenters. The lowest BCUT2D eigenvalue weighted by Crippen LogP contribution is -2.47. The SMILES string of the molecule is CCCN1CCN(c2nc3sccn3c2C=O)CC1. The Bertz CT molecular complexity index is 568. The van der Waals surface area contributed by atoms with Gasteiger partial charge in [-0.1, -0.05) is 6.92 Å². The predicted molar refractivity (Wildman–Crippen MR) is 77.4 cm³/mol. The van der Waals surface area contributed by atoms with E-state index in [1.54, 1.807) is 11.3 Å². The summed E-state index contributed by atoms with van der Waals surface area (Å²) in [4.78, 5) is 21.5. The molecule has 1 fully saturated rings. The molecule has 0 spiro atoms. The molecule has 0 aliphatic carbocycles. The molecular weight excluding hydrogens is 260 g/mol. The van der Waals surface area contributed by atoms with E-state index < -0.39 is 0 Å². The second kappa shape index (κ2) is 5.30. The first-order valence-electron chi connectivity index (χ1n) is 6.71. The minimum absolute atomic E-state index is 0.681. The van der Waals surface area contributed by atoms with Crippen molar-refractivity contribution < 1.29 is 4.79 Å². The van der Waals surface area contributed by atoms with E-state index in [0.29, 0.717) is 5.69 Å². The maximum atomic E-state index is 11.3. The predicted octanol–water partition coefficient (Wildman–Crippen LogP) is 1.74. The van der Waals surface area contributed by atoms with E-state index in [1.165, 1.54) is 6.42 Å². The van der Waals surface area contributed by atoms with Crippen molar-refractivity contribution in [3.8, 4) is 0 Å². The van der Waals surface area contributed by atoms with Gasteiger partial charge in [0.05, 0.1) is 0 Å². The molecule has 1 saturated heterocycles. The lowest BCUT2D eigenvalue weighted by molar-refractivity contribution is 0.111. The van der Waals surface area contributed by atoms with Crippen LogP contribution >= 0.6 is 11.3 Å². The van der Waals surface area contributed by atoms with Crippen molar-refractivity contribution in [3.05, 3.63) is 17.3 Å². The molecule has 6 heteroatoms. The zero-order valence-corrected chi connectivity index (χ0v) is 11.9. The third-order valence-electron chi connectivity index (χ3n) is 3.60. The summed E-state index contributed by atoms with van der Waals surface area (Å²) < 4.78 is 1.88. The van der Waals surface area contributed by atoms with E-state index >= 15 is 0 Å². The third-order valence-corrected chi connectivity index (χ3v) is 4.36. The van der Waals surface area contributed by atoms with Crippen LogP contribution in [0.5, 0.6) is 0 Å². The molecule has 3 rings (SSSR count). The summed E-state index contributed by atoms with van der Waals surface area (Å²) in [5, 5.41) is 1.96. The fraction of sp³-hybridized carbons (Fsp3) is 0.538. The summed E-state index contributed by atoms with van der Waals surface area (Å²) >= 11 is 1.57. The molecule has 0 saturated carbocycles. The van der Waals surface area contributed by atoms with Crippen LogP contribution in [0, 0.1) is 0 Å². The highest BCUT2D eigenvalue weighted by Gasteiger charge is 2.22. The molecule has 1 aliphatic rings. The Labute approximate surface area is 116 Å². The Morgan fingerprint density at radius 2 is 2.16 bits per heavy atom. The van der Waals surface area contributed by atoms with E-state index in [1.807, 2.05) is 16.0 Å². The minimum atomic E-state index is 0.681. The number of hydrogen-bond donors (Lipinski definition) is 0. The molecule has 1 aliphatic heterocycles. The lowest BCUT2D eigenvalue weighted by Gasteiger charge is -2.34.